The van der Waals surface area contributed by atoms with Gasteiger partial charge in [0.05, 0.1) is 0 Å². The van der Waals surface area contributed by atoms with Crippen LogP contribution in [0.3, 0.4) is 0 Å². The van der Waals surface area contributed by atoms with Crippen molar-refractivity contribution in [2.24, 2.45) is 0 Å². The zero-order valence-electron chi connectivity index (χ0n) is 52.5. The molecule has 3 aromatic heterocycles. The van der Waals surface area contributed by atoms with Crippen LogP contribution < -0.4 is 9.64 Å². The Kier molecular flexibility index (Phi) is 14.3. The van der Waals surface area contributed by atoms with Gasteiger partial charge in [-0.25, -0.2) is 4.98 Å². The van der Waals surface area contributed by atoms with Crippen molar-refractivity contribution in [2.45, 2.75) is 131 Å². The summed E-state index contributed by atoms with van der Waals surface area (Å²) in [4.78, 5) is 7.29. The number of anilines is 2. The number of rotatable bonds is 6. The smallest absolute Gasteiger partial charge is 0.135 e. The summed E-state index contributed by atoms with van der Waals surface area (Å²) in [6.45, 7) is 36.8. The Hall–Kier alpha value is -8.11. The van der Waals surface area contributed by atoms with E-state index in [1.165, 1.54) is 60.5 Å². The molecule has 1 aliphatic heterocycles. The molecule has 0 N–H and O–H groups in total. The molecular weight excluding hydrogens is 1230 g/mol. The molecule has 1 aliphatic rings. The van der Waals surface area contributed by atoms with Gasteiger partial charge in [0, 0.05) is 50.0 Å². The molecule has 0 saturated carbocycles. The van der Waals surface area contributed by atoms with Crippen LogP contribution in [0.2, 0.25) is 0 Å². The van der Waals surface area contributed by atoms with Crippen LogP contribution in [-0.4, -0.2) is 14.1 Å². The van der Waals surface area contributed by atoms with E-state index >= 15 is 0 Å². The molecule has 6 heteroatoms. The van der Waals surface area contributed by atoms with Crippen LogP contribution in [0.25, 0.3) is 93.2 Å². The zero-order valence-corrected chi connectivity index (χ0v) is 54.8. The first-order valence-electron chi connectivity index (χ1n) is 30.2. The molecule has 0 spiro atoms. The molecule has 0 unspecified atom stereocenters. The van der Waals surface area contributed by atoms with Crippen molar-refractivity contribution >= 4 is 76.5 Å². The van der Waals surface area contributed by atoms with Gasteiger partial charge in [-0.05, 0) is 157 Å². The Balaban J connectivity index is 0.00000724. The second-order valence-electron chi connectivity index (χ2n) is 28.7. The summed E-state index contributed by atoms with van der Waals surface area (Å²) >= 11 is 0. The van der Waals surface area contributed by atoms with E-state index < -0.39 is 0 Å². The van der Waals surface area contributed by atoms with Crippen LogP contribution in [-0.2, 0) is 48.1 Å². The molecule has 0 amide bonds. The monoisotopic (exact) mass is 1300 g/mol. The van der Waals surface area contributed by atoms with E-state index in [1.807, 2.05) is 12.3 Å². The van der Waals surface area contributed by atoms with Crippen LogP contribution in [0.5, 0.6) is 11.5 Å². The maximum Gasteiger partial charge on any atom is 0.135 e. The van der Waals surface area contributed by atoms with Crippen LogP contribution >= 0.6 is 0 Å². The quantitative estimate of drug-likeness (QED) is 0.156. The van der Waals surface area contributed by atoms with E-state index in [1.54, 1.807) is 0 Å². The standard InChI is InChI=1S/C80H77N4O.Pt/c1-76(2,3)53-36-37-81-73(46-53)84-70-32-21-20-28-66(70)67-35-34-59(48-72(67)84)85-60-45-57(80(13,14)15)44-58(47-60)82-49-83-74-61(52-38-50(39-54(42-52)77(4,5)6)51-40-55(78(7,8)9)43-56(41-51)79(10,11)12)29-22-30-68(74)64-26-18-16-24-62(64)63-25-17-19-27-65(63)69-31-23-33-71(82)75(69)83;/h16-46,49H,1-15H3;/q-3;. The number of benzene rings is 9. The van der Waals surface area contributed by atoms with Crippen LogP contribution in [0.15, 0.2) is 188 Å². The number of hydrogen-bond donors (Lipinski definition) is 0. The third kappa shape index (κ3) is 10.4. The average Bonchev–Trinajstić information content (AvgIpc) is 1.56. The van der Waals surface area contributed by atoms with Gasteiger partial charge in [-0.3, -0.25) is 0 Å². The molecule has 0 fully saturated rings. The molecule has 0 bridgehead atoms. The van der Waals surface area contributed by atoms with E-state index in [4.69, 9.17) is 9.72 Å². The molecule has 5 nitrogen and oxygen atoms in total. The molecule has 12 aromatic rings. The molecule has 0 atom stereocenters. The third-order valence-corrected chi connectivity index (χ3v) is 17.4. The predicted octanol–water partition coefficient (Wildman–Crippen LogP) is 22.0. The Morgan fingerprint density at radius 2 is 0.895 bits per heavy atom. The van der Waals surface area contributed by atoms with Gasteiger partial charge in [0.15, 0.2) is 0 Å². The molecule has 13 rings (SSSR count). The molecule has 0 radical (unpaired) electrons. The molecule has 0 saturated heterocycles. The second kappa shape index (κ2) is 21.1. The molecule has 436 valence electrons. The first kappa shape index (κ1) is 58.3. The number of ether oxygens (including phenoxy) is 1. The number of fused-ring (bicyclic) bond motifs is 10. The fourth-order valence-electron chi connectivity index (χ4n) is 12.4. The zero-order chi connectivity index (χ0) is 59.7. The van der Waals surface area contributed by atoms with Crippen molar-refractivity contribution in [3.63, 3.8) is 0 Å². The van der Waals surface area contributed by atoms with Gasteiger partial charge in [-0.15, -0.1) is 41.3 Å². The Morgan fingerprint density at radius 3 is 1.50 bits per heavy atom. The van der Waals surface area contributed by atoms with E-state index in [0.717, 1.165) is 71.9 Å². The Bertz CT molecular complexity index is 4720. The van der Waals surface area contributed by atoms with E-state index in [9.17, 15) is 0 Å². The third-order valence-electron chi connectivity index (χ3n) is 17.4. The summed E-state index contributed by atoms with van der Waals surface area (Å²) < 4.78 is 11.8. The molecule has 86 heavy (non-hydrogen) atoms. The number of aromatic nitrogens is 3. The van der Waals surface area contributed by atoms with Gasteiger partial charge < -0.3 is 18.8 Å². The predicted molar refractivity (Wildman–Crippen MR) is 361 cm³/mol. The average molecular weight is 1310 g/mol. The van der Waals surface area contributed by atoms with Crippen molar-refractivity contribution < 1.29 is 25.8 Å². The number of pyridine rings is 1. The Morgan fingerprint density at radius 1 is 0.395 bits per heavy atom. The molecule has 9 aromatic carbocycles. The summed E-state index contributed by atoms with van der Waals surface area (Å²) in [6.07, 6.45) is 1.92. The van der Waals surface area contributed by atoms with Crippen molar-refractivity contribution in [2.75, 3.05) is 4.90 Å². The second-order valence-corrected chi connectivity index (χ2v) is 28.7. The van der Waals surface area contributed by atoms with E-state index in [0.29, 0.717) is 11.5 Å². The maximum absolute atomic E-state index is 7.08. The minimum atomic E-state index is -0.241. The molecular formula is C80H77N4OPt-3. The maximum atomic E-state index is 7.08. The summed E-state index contributed by atoms with van der Waals surface area (Å²) in [5, 5.41) is 9.25. The first-order valence-corrected chi connectivity index (χ1v) is 30.2. The SMILES string of the molecule is CC(C)(C)c1cc(Oc2[c-]c3c(cc2)c2ccccc2n3-c2cc(C(C)(C)C)ccn2)[c-]c(N2[CH-]n3c4c(-c5cc(-c6cc(C(C)(C)C)cc(C(C)(C)C)c6)cc(C(C)(C)C)c5)cccc4c4ccccc4c4ccccc4c4cccc2c43)c1.[Pt]. The normalized spacial score (nSPS) is 13.0. The minimum absolute atomic E-state index is 0. The number of nitrogens with zero attached hydrogens (tertiary/aromatic N) is 4. The van der Waals surface area contributed by atoms with E-state index in [-0.39, 0.29) is 48.1 Å². The van der Waals surface area contributed by atoms with E-state index in [2.05, 4.69) is 313 Å². The largest absolute Gasteiger partial charge is 0.509 e. The van der Waals surface area contributed by atoms with Crippen LogP contribution in [0, 0.1) is 18.8 Å². The number of para-hydroxylation sites is 3. The van der Waals surface area contributed by atoms with Gasteiger partial charge in [0.1, 0.15) is 5.82 Å². The van der Waals surface area contributed by atoms with Crippen molar-refractivity contribution in [1.29, 1.82) is 0 Å². The van der Waals surface area contributed by atoms with Crippen LogP contribution in [0.4, 0.5) is 11.4 Å². The Labute approximate surface area is 523 Å². The van der Waals surface area contributed by atoms with Gasteiger partial charge in [-0.1, -0.05) is 242 Å². The molecule has 0 aliphatic carbocycles. The van der Waals surface area contributed by atoms with Crippen LogP contribution in [0.1, 0.15) is 132 Å². The summed E-state index contributed by atoms with van der Waals surface area (Å²) in [7, 11) is 0. The first-order chi connectivity index (χ1) is 40.3. The van der Waals surface area contributed by atoms with Gasteiger partial charge in [-0.2, -0.15) is 6.07 Å². The van der Waals surface area contributed by atoms with Gasteiger partial charge >= 0.3 is 0 Å². The van der Waals surface area contributed by atoms with Gasteiger partial charge in [0.2, 0.25) is 0 Å². The fourth-order valence-corrected chi connectivity index (χ4v) is 12.4. The topological polar surface area (TPSA) is 35.2 Å². The van der Waals surface area contributed by atoms with Crippen molar-refractivity contribution in [3.8, 4) is 39.6 Å². The summed E-state index contributed by atoms with van der Waals surface area (Å²) in [5.74, 6) is 2.05. The fraction of sp³-hybridized carbons (Fsp3) is 0.250. The molecule has 4 heterocycles. The number of hydrogen-bond acceptors (Lipinski definition) is 3. The van der Waals surface area contributed by atoms with Gasteiger partial charge in [0.25, 0.3) is 0 Å². The summed E-state index contributed by atoms with van der Waals surface area (Å²) in [5.41, 5.74) is 16.7. The minimum Gasteiger partial charge on any atom is -0.509 e. The summed E-state index contributed by atoms with van der Waals surface area (Å²) in [6, 6.07) is 75.3. The van der Waals surface area contributed by atoms with Crippen molar-refractivity contribution in [3.05, 3.63) is 235 Å². The van der Waals surface area contributed by atoms with Crippen molar-refractivity contribution in [1.82, 2.24) is 14.1 Å².